The van der Waals surface area contributed by atoms with Crippen molar-refractivity contribution in [2.45, 2.75) is 12.8 Å². The summed E-state index contributed by atoms with van der Waals surface area (Å²) in [7, 11) is 0. The van der Waals surface area contributed by atoms with Crippen molar-refractivity contribution in [1.29, 1.82) is 0 Å². The predicted octanol–water partition coefficient (Wildman–Crippen LogP) is 4.71. The van der Waals surface area contributed by atoms with Crippen LogP contribution in [0.15, 0.2) is 71.7 Å². The number of nitrogens with one attached hydrogen (secondary N) is 2. The van der Waals surface area contributed by atoms with E-state index in [1.165, 1.54) is 6.34 Å². The number of hydrogen-bond acceptors (Lipinski definition) is 3. The third kappa shape index (κ3) is 4.59. The lowest BCUT2D eigenvalue weighted by molar-refractivity contribution is 0.0952. The average Bonchev–Trinajstić information content (AvgIpc) is 3.17. The predicted molar refractivity (Wildman–Crippen MR) is 125 cm³/mol. The quantitative estimate of drug-likeness (QED) is 0.305. The number of benzene rings is 3. The zero-order valence-electron chi connectivity index (χ0n) is 17.0. The largest absolute Gasteiger partial charge is 0.390 e. The van der Waals surface area contributed by atoms with Crippen LogP contribution >= 0.6 is 11.6 Å². The molecule has 4 N–H and O–H groups in total. The van der Waals surface area contributed by atoms with Crippen molar-refractivity contribution in [3.8, 4) is 0 Å². The van der Waals surface area contributed by atoms with Crippen molar-refractivity contribution >= 4 is 40.6 Å². The lowest BCUT2D eigenvalue weighted by Gasteiger charge is -2.16. The molecular formula is C24H22ClN5O. The summed E-state index contributed by atoms with van der Waals surface area (Å²) in [5.41, 5.74) is 10.4. The topological polar surface area (TPSA) is 96.2 Å². The van der Waals surface area contributed by atoms with Gasteiger partial charge in [-0.05, 0) is 48.4 Å². The molecule has 3 aromatic carbocycles. The molecule has 1 aromatic heterocycles. The number of nitrogens with two attached hydrogens (primary N) is 1. The van der Waals surface area contributed by atoms with Gasteiger partial charge in [-0.3, -0.25) is 4.79 Å². The number of aliphatic imine (C=N–C) groups is 1. The van der Waals surface area contributed by atoms with Gasteiger partial charge in [0.15, 0.2) is 0 Å². The zero-order chi connectivity index (χ0) is 21.8. The molecule has 4 rings (SSSR count). The van der Waals surface area contributed by atoms with Gasteiger partial charge in [0, 0.05) is 6.54 Å². The molecule has 0 saturated heterocycles. The minimum Gasteiger partial charge on any atom is -0.390 e. The van der Waals surface area contributed by atoms with Gasteiger partial charge in [0.2, 0.25) is 0 Å². The SMILES string of the molecule is Cc1ccc2nc(C(CNC(=O)c3ccc(N=CN)cc3Cl)c3ccccc3)[nH]c2c1. The van der Waals surface area contributed by atoms with Crippen molar-refractivity contribution in [1.82, 2.24) is 15.3 Å². The zero-order valence-corrected chi connectivity index (χ0v) is 17.7. The van der Waals surface area contributed by atoms with Crippen LogP contribution in [0.5, 0.6) is 0 Å². The molecule has 7 heteroatoms. The van der Waals surface area contributed by atoms with Crippen LogP contribution in [0.3, 0.4) is 0 Å². The number of fused-ring (bicyclic) bond motifs is 1. The normalized spacial score (nSPS) is 12.3. The number of aryl methyl sites for hydroxylation is 1. The highest BCUT2D eigenvalue weighted by molar-refractivity contribution is 6.34. The first-order valence-corrected chi connectivity index (χ1v) is 10.3. The van der Waals surface area contributed by atoms with E-state index in [1.807, 2.05) is 49.4 Å². The molecule has 0 spiro atoms. The molecule has 1 atom stereocenters. The summed E-state index contributed by atoms with van der Waals surface area (Å²) in [5, 5.41) is 3.31. The number of amides is 1. The van der Waals surface area contributed by atoms with Gasteiger partial charge in [-0.1, -0.05) is 48.0 Å². The van der Waals surface area contributed by atoms with E-state index in [9.17, 15) is 4.79 Å². The highest BCUT2D eigenvalue weighted by Gasteiger charge is 2.20. The summed E-state index contributed by atoms with van der Waals surface area (Å²) in [6.45, 7) is 2.41. The van der Waals surface area contributed by atoms with Gasteiger partial charge in [-0.15, -0.1) is 0 Å². The average molecular weight is 432 g/mol. The Bertz CT molecular complexity index is 1250. The fourth-order valence-corrected chi connectivity index (χ4v) is 3.77. The third-order valence-electron chi connectivity index (χ3n) is 5.08. The van der Waals surface area contributed by atoms with Crippen LogP contribution in [0, 0.1) is 6.92 Å². The summed E-state index contributed by atoms with van der Waals surface area (Å²) >= 11 is 6.28. The molecule has 0 radical (unpaired) electrons. The standard InChI is InChI=1S/C24H22ClN5O/c1-15-7-10-21-22(11-15)30-23(29-21)19(16-5-3-2-4-6-16)13-27-24(31)18-9-8-17(28-14-26)12-20(18)25/h2-12,14,19H,13H2,1H3,(H2,26,28)(H,27,31)(H,29,30). The minimum absolute atomic E-state index is 0.141. The van der Waals surface area contributed by atoms with Crippen molar-refractivity contribution in [3.63, 3.8) is 0 Å². The Labute approximate surface area is 185 Å². The van der Waals surface area contributed by atoms with Crippen LogP contribution in [0.1, 0.15) is 33.2 Å². The van der Waals surface area contributed by atoms with E-state index in [0.717, 1.165) is 28.0 Å². The van der Waals surface area contributed by atoms with E-state index < -0.39 is 0 Å². The van der Waals surface area contributed by atoms with E-state index in [4.69, 9.17) is 22.3 Å². The van der Waals surface area contributed by atoms with Crippen molar-refractivity contribution in [2.24, 2.45) is 10.7 Å². The molecule has 1 amide bonds. The summed E-state index contributed by atoms with van der Waals surface area (Å²) in [6, 6.07) is 21.0. The van der Waals surface area contributed by atoms with Crippen LogP contribution in [0.25, 0.3) is 11.0 Å². The van der Waals surface area contributed by atoms with E-state index >= 15 is 0 Å². The van der Waals surface area contributed by atoms with Gasteiger partial charge in [0.1, 0.15) is 5.82 Å². The monoisotopic (exact) mass is 431 g/mol. The number of carbonyl (C=O) groups is 1. The molecule has 0 aliphatic carbocycles. The molecule has 0 bridgehead atoms. The second-order valence-corrected chi connectivity index (χ2v) is 7.67. The van der Waals surface area contributed by atoms with Gasteiger partial charge >= 0.3 is 0 Å². The lowest BCUT2D eigenvalue weighted by Crippen LogP contribution is -2.29. The third-order valence-corrected chi connectivity index (χ3v) is 5.39. The Morgan fingerprint density at radius 2 is 2.00 bits per heavy atom. The molecule has 1 heterocycles. The maximum Gasteiger partial charge on any atom is 0.252 e. The first-order valence-electron chi connectivity index (χ1n) is 9.88. The number of hydrogen-bond donors (Lipinski definition) is 3. The van der Waals surface area contributed by atoms with E-state index in [2.05, 4.69) is 21.4 Å². The lowest BCUT2D eigenvalue weighted by atomic mass is 9.98. The second-order valence-electron chi connectivity index (χ2n) is 7.26. The first-order chi connectivity index (χ1) is 15.0. The fourth-order valence-electron chi connectivity index (χ4n) is 3.51. The molecule has 156 valence electrons. The van der Waals surface area contributed by atoms with Crippen molar-refractivity contribution in [2.75, 3.05) is 6.54 Å². The summed E-state index contributed by atoms with van der Waals surface area (Å²) in [5.74, 6) is 0.393. The molecule has 0 saturated carbocycles. The molecule has 4 aromatic rings. The van der Waals surface area contributed by atoms with E-state index in [0.29, 0.717) is 22.8 Å². The van der Waals surface area contributed by atoms with Gasteiger partial charge < -0.3 is 16.0 Å². The summed E-state index contributed by atoms with van der Waals surface area (Å²) < 4.78 is 0. The number of H-pyrrole nitrogens is 1. The van der Waals surface area contributed by atoms with E-state index in [1.54, 1.807) is 18.2 Å². The van der Waals surface area contributed by atoms with Gasteiger partial charge in [0.05, 0.1) is 39.6 Å². The van der Waals surface area contributed by atoms with Gasteiger partial charge in [-0.25, -0.2) is 9.98 Å². The number of rotatable bonds is 6. The van der Waals surface area contributed by atoms with Crippen LogP contribution in [-0.2, 0) is 0 Å². The van der Waals surface area contributed by atoms with E-state index in [-0.39, 0.29) is 11.8 Å². The molecule has 0 aliphatic heterocycles. The van der Waals surface area contributed by atoms with Crippen LogP contribution < -0.4 is 11.1 Å². The Hall–Kier alpha value is -3.64. The Morgan fingerprint density at radius 3 is 2.74 bits per heavy atom. The van der Waals surface area contributed by atoms with Crippen LogP contribution in [0.4, 0.5) is 5.69 Å². The molecule has 0 fully saturated rings. The highest BCUT2D eigenvalue weighted by atomic mass is 35.5. The molecular weight excluding hydrogens is 410 g/mol. The smallest absolute Gasteiger partial charge is 0.252 e. The Morgan fingerprint density at radius 1 is 1.19 bits per heavy atom. The molecule has 6 nitrogen and oxygen atoms in total. The fraction of sp³-hybridized carbons (Fsp3) is 0.125. The Kier molecular flexibility index (Phi) is 6.00. The second kappa shape index (κ2) is 9.02. The molecule has 31 heavy (non-hydrogen) atoms. The number of halogens is 1. The Balaban J connectivity index is 1.60. The first kappa shape index (κ1) is 20.6. The van der Waals surface area contributed by atoms with Crippen LogP contribution in [-0.4, -0.2) is 28.8 Å². The van der Waals surface area contributed by atoms with Crippen molar-refractivity contribution < 1.29 is 4.79 Å². The summed E-state index contributed by atoms with van der Waals surface area (Å²) in [6.07, 6.45) is 1.19. The minimum atomic E-state index is -0.263. The maximum atomic E-state index is 12.8. The number of carbonyl (C=O) groups excluding carboxylic acids is 1. The van der Waals surface area contributed by atoms with Gasteiger partial charge in [0.25, 0.3) is 5.91 Å². The molecule has 0 aliphatic rings. The highest BCUT2D eigenvalue weighted by Crippen LogP contribution is 2.26. The number of aromatic amines is 1. The van der Waals surface area contributed by atoms with Crippen LogP contribution in [0.2, 0.25) is 5.02 Å². The number of aromatic nitrogens is 2. The molecule has 1 unspecified atom stereocenters. The number of imidazole rings is 1. The van der Waals surface area contributed by atoms with Gasteiger partial charge in [-0.2, -0.15) is 0 Å². The summed E-state index contributed by atoms with van der Waals surface area (Å²) in [4.78, 5) is 25.0. The number of nitrogens with zero attached hydrogens (tertiary/aromatic N) is 2. The van der Waals surface area contributed by atoms with Crippen molar-refractivity contribution in [3.05, 3.63) is 94.3 Å². The maximum absolute atomic E-state index is 12.8.